The maximum atomic E-state index is 12.8. The molecule has 0 aliphatic carbocycles. The monoisotopic (exact) mass is 370 g/mol. The van der Waals surface area contributed by atoms with E-state index >= 15 is 0 Å². The van der Waals surface area contributed by atoms with Gasteiger partial charge in [0.05, 0.1) is 28.4 Å². The minimum atomic E-state index is -4.46. The first-order valence-electron chi connectivity index (χ1n) is 8.53. The van der Waals surface area contributed by atoms with Gasteiger partial charge in [0.15, 0.2) is 0 Å². The van der Waals surface area contributed by atoms with Crippen molar-refractivity contribution in [1.82, 2.24) is 0 Å². The molecule has 2 aromatic carbocycles. The van der Waals surface area contributed by atoms with Crippen LogP contribution < -0.4 is 10.2 Å². The molecule has 0 saturated carbocycles. The standard InChI is InChI=1S/C20H17F3N4/c21-20(22,23)16-3-6-19(15(11-16)13-25)26-17-7-9-27(10-8-17)18-4-1-14(12-24)2-5-18/h1-6,11,17,26H,7-10H2. The molecule has 0 amide bonds. The highest BCUT2D eigenvalue weighted by molar-refractivity contribution is 5.60. The van der Waals surface area contributed by atoms with Crippen LogP contribution in [0, 0.1) is 22.7 Å². The van der Waals surface area contributed by atoms with E-state index in [1.54, 1.807) is 12.1 Å². The quantitative estimate of drug-likeness (QED) is 0.862. The second-order valence-corrected chi connectivity index (χ2v) is 6.43. The summed E-state index contributed by atoms with van der Waals surface area (Å²) in [6.45, 7) is 1.57. The van der Waals surface area contributed by atoms with Crippen molar-refractivity contribution in [3.63, 3.8) is 0 Å². The molecular formula is C20H17F3N4. The summed E-state index contributed by atoms with van der Waals surface area (Å²) in [7, 11) is 0. The molecule has 138 valence electrons. The van der Waals surface area contributed by atoms with Gasteiger partial charge in [-0.1, -0.05) is 0 Å². The number of nitrogens with one attached hydrogen (secondary N) is 1. The van der Waals surface area contributed by atoms with Crippen molar-refractivity contribution in [2.24, 2.45) is 0 Å². The molecule has 2 aromatic rings. The number of hydrogen-bond acceptors (Lipinski definition) is 4. The average molecular weight is 370 g/mol. The Kier molecular flexibility index (Phi) is 5.23. The first kappa shape index (κ1) is 18.6. The highest BCUT2D eigenvalue weighted by Crippen LogP contribution is 2.32. The third-order valence-corrected chi connectivity index (χ3v) is 4.68. The molecule has 7 heteroatoms. The Morgan fingerprint density at radius 1 is 0.963 bits per heavy atom. The fourth-order valence-electron chi connectivity index (χ4n) is 3.19. The zero-order valence-corrected chi connectivity index (χ0v) is 14.4. The van der Waals surface area contributed by atoms with Gasteiger partial charge in [0.1, 0.15) is 6.07 Å². The van der Waals surface area contributed by atoms with Crippen LogP contribution in [0.1, 0.15) is 29.5 Å². The summed E-state index contributed by atoms with van der Waals surface area (Å²) >= 11 is 0. The van der Waals surface area contributed by atoms with E-state index in [1.165, 1.54) is 6.07 Å². The third kappa shape index (κ3) is 4.32. The minimum Gasteiger partial charge on any atom is -0.381 e. The highest BCUT2D eigenvalue weighted by atomic mass is 19.4. The molecule has 0 atom stereocenters. The van der Waals surface area contributed by atoms with Gasteiger partial charge in [0.25, 0.3) is 0 Å². The van der Waals surface area contributed by atoms with E-state index in [2.05, 4.69) is 16.3 Å². The molecule has 3 rings (SSSR count). The molecule has 1 aliphatic heterocycles. The van der Waals surface area contributed by atoms with Crippen LogP contribution in [0.5, 0.6) is 0 Å². The Hall–Kier alpha value is -3.19. The topological polar surface area (TPSA) is 62.9 Å². The summed E-state index contributed by atoms with van der Waals surface area (Å²) in [5.74, 6) is 0. The second-order valence-electron chi connectivity index (χ2n) is 6.43. The van der Waals surface area contributed by atoms with Crippen LogP contribution in [0.4, 0.5) is 24.5 Å². The lowest BCUT2D eigenvalue weighted by Gasteiger charge is -2.34. The number of nitriles is 2. The largest absolute Gasteiger partial charge is 0.416 e. The molecule has 1 N–H and O–H groups in total. The van der Waals surface area contributed by atoms with Crippen LogP contribution >= 0.6 is 0 Å². The number of nitrogens with zero attached hydrogens (tertiary/aromatic N) is 3. The molecule has 0 radical (unpaired) electrons. The summed E-state index contributed by atoms with van der Waals surface area (Å²) in [6.07, 6.45) is -2.87. The number of anilines is 2. The number of alkyl halides is 3. The lowest BCUT2D eigenvalue weighted by Crippen LogP contribution is -2.39. The first-order chi connectivity index (χ1) is 12.9. The van der Waals surface area contributed by atoms with E-state index in [0.717, 1.165) is 43.8 Å². The van der Waals surface area contributed by atoms with E-state index in [0.29, 0.717) is 11.3 Å². The molecule has 1 fully saturated rings. The molecule has 1 heterocycles. The van der Waals surface area contributed by atoms with Gasteiger partial charge >= 0.3 is 6.18 Å². The minimum absolute atomic E-state index is 0.000605. The molecule has 0 spiro atoms. The van der Waals surface area contributed by atoms with Crippen LogP contribution in [0.25, 0.3) is 0 Å². The zero-order chi connectivity index (χ0) is 19.4. The van der Waals surface area contributed by atoms with Crippen LogP contribution in [-0.4, -0.2) is 19.1 Å². The van der Waals surface area contributed by atoms with E-state index in [1.807, 2.05) is 18.2 Å². The maximum absolute atomic E-state index is 12.8. The van der Waals surface area contributed by atoms with E-state index in [-0.39, 0.29) is 11.6 Å². The average Bonchev–Trinajstić information content (AvgIpc) is 2.68. The number of rotatable bonds is 3. The van der Waals surface area contributed by atoms with Crippen molar-refractivity contribution < 1.29 is 13.2 Å². The SMILES string of the molecule is N#Cc1ccc(N2CCC(Nc3ccc(C(F)(F)F)cc3C#N)CC2)cc1. The van der Waals surface area contributed by atoms with Crippen LogP contribution in [-0.2, 0) is 6.18 Å². The highest BCUT2D eigenvalue weighted by Gasteiger charge is 2.31. The summed E-state index contributed by atoms with van der Waals surface area (Å²) in [5.41, 5.74) is 1.27. The lowest BCUT2D eigenvalue weighted by atomic mass is 10.0. The molecule has 27 heavy (non-hydrogen) atoms. The summed E-state index contributed by atoms with van der Waals surface area (Å²) in [5, 5.41) is 21.3. The fraction of sp³-hybridized carbons (Fsp3) is 0.300. The number of halogens is 3. The maximum Gasteiger partial charge on any atom is 0.416 e. The van der Waals surface area contributed by atoms with Crippen molar-refractivity contribution in [1.29, 1.82) is 10.5 Å². The number of piperidine rings is 1. The third-order valence-electron chi connectivity index (χ3n) is 4.68. The van der Waals surface area contributed by atoms with E-state index in [4.69, 9.17) is 5.26 Å². The van der Waals surface area contributed by atoms with E-state index < -0.39 is 11.7 Å². The zero-order valence-electron chi connectivity index (χ0n) is 14.4. The van der Waals surface area contributed by atoms with Crippen molar-refractivity contribution in [3.8, 4) is 12.1 Å². The molecule has 1 saturated heterocycles. The van der Waals surface area contributed by atoms with Crippen molar-refractivity contribution in [2.75, 3.05) is 23.3 Å². The number of benzene rings is 2. The van der Waals surface area contributed by atoms with Crippen molar-refractivity contribution >= 4 is 11.4 Å². The fourth-order valence-corrected chi connectivity index (χ4v) is 3.19. The van der Waals surface area contributed by atoms with Gasteiger partial charge in [-0.05, 0) is 55.3 Å². The molecule has 1 aliphatic rings. The van der Waals surface area contributed by atoms with Gasteiger partial charge in [-0.3, -0.25) is 0 Å². The van der Waals surface area contributed by atoms with Gasteiger partial charge in [-0.2, -0.15) is 23.7 Å². The normalized spacial score (nSPS) is 15.1. The Morgan fingerprint density at radius 2 is 1.63 bits per heavy atom. The molecule has 0 bridgehead atoms. The van der Waals surface area contributed by atoms with Gasteiger partial charge in [0, 0.05) is 24.8 Å². The molecule has 0 aromatic heterocycles. The van der Waals surface area contributed by atoms with Gasteiger partial charge in [0.2, 0.25) is 0 Å². The Morgan fingerprint density at radius 3 is 2.19 bits per heavy atom. The first-order valence-corrected chi connectivity index (χ1v) is 8.53. The summed E-state index contributed by atoms with van der Waals surface area (Å²) in [6, 6.07) is 14.6. The molecule has 4 nitrogen and oxygen atoms in total. The van der Waals surface area contributed by atoms with Gasteiger partial charge in [-0.25, -0.2) is 0 Å². The summed E-state index contributed by atoms with van der Waals surface area (Å²) in [4.78, 5) is 2.21. The predicted molar refractivity (Wildman–Crippen MR) is 96.2 cm³/mol. The number of hydrogen-bond donors (Lipinski definition) is 1. The van der Waals surface area contributed by atoms with Gasteiger partial charge in [-0.15, -0.1) is 0 Å². The molecular weight excluding hydrogens is 353 g/mol. The Bertz CT molecular complexity index is 883. The van der Waals surface area contributed by atoms with Crippen molar-refractivity contribution in [3.05, 3.63) is 59.2 Å². The lowest BCUT2D eigenvalue weighted by molar-refractivity contribution is -0.137. The second kappa shape index (κ2) is 7.59. The smallest absolute Gasteiger partial charge is 0.381 e. The Balaban J connectivity index is 1.64. The van der Waals surface area contributed by atoms with Gasteiger partial charge < -0.3 is 10.2 Å². The van der Waals surface area contributed by atoms with Crippen LogP contribution in [0.2, 0.25) is 0 Å². The van der Waals surface area contributed by atoms with Crippen LogP contribution in [0.3, 0.4) is 0 Å². The van der Waals surface area contributed by atoms with E-state index in [9.17, 15) is 18.4 Å². The van der Waals surface area contributed by atoms with Crippen molar-refractivity contribution in [2.45, 2.75) is 25.1 Å². The predicted octanol–water partition coefficient (Wildman–Crippen LogP) is 4.53. The summed E-state index contributed by atoms with van der Waals surface area (Å²) < 4.78 is 38.4. The molecule has 0 unspecified atom stereocenters. The van der Waals surface area contributed by atoms with Crippen LogP contribution in [0.15, 0.2) is 42.5 Å². The Labute approximate surface area is 155 Å².